The first-order valence-electron chi connectivity index (χ1n) is 5.50. The predicted molar refractivity (Wildman–Crippen MR) is 61.9 cm³/mol. The van der Waals surface area contributed by atoms with Crippen LogP contribution in [0.1, 0.15) is 25.8 Å². The number of rotatable bonds is 7. The summed E-state index contributed by atoms with van der Waals surface area (Å²) in [5.74, 6) is 0.100. The fourth-order valence-corrected chi connectivity index (χ4v) is 1.26. The zero-order valence-electron chi connectivity index (χ0n) is 9.81. The van der Waals surface area contributed by atoms with E-state index in [1.807, 2.05) is 37.3 Å². The molecule has 1 aromatic rings. The van der Waals surface area contributed by atoms with Crippen molar-refractivity contribution in [2.75, 3.05) is 6.79 Å². The molecule has 0 radical (unpaired) electrons. The third kappa shape index (κ3) is 4.55. The number of hydrogen-bond donors (Lipinski definition) is 0. The van der Waals surface area contributed by atoms with Gasteiger partial charge in [-0.2, -0.15) is 0 Å². The minimum Gasteiger partial charge on any atom is -0.351 e. The van der Waals surface area contributed by atoms with Crippen molar-refractivity contribution in [1.29, 1.82) is 0 Å². The first-order valence-corrected chi connectivity index (χ1v) is 5.50. The summed E-state index contributed by atoms with van der Waals surface area (Å²) < 4.78 is 10.6. The Hall–Kier alpha value is -1.19. The second-order valence-corrected chi connectivity index (χ2v) is 3.58. The lowest BCUT2D eigenvalue weighted by molar-refractivity contribution is -0.141. The van der Waals surface area contributed by atoms with Gasteiger partial charge in [0.1, 0.15) is 12.9 Å². The van der Waals surface area contributed by atoms with Gasteiger partial charge >= 0.3 is 0 Å². The summed E-state index contributed by atoms with van der Waals surface area (Å²) in [6.45, 7) is 4.24. The number of ketones is 1. The molecule has 0 heterocycles. The molecule has 0 saturated carbocycles. The predicted octanol–water partition coefficient (Wildman–Crippen LogP) is 2.54. The van der Waals surface area contributed by atoms with Gasteiger partial charge in [-0.15, -0.1) is 0 Å². The SMILES string of the molecule is CCC(=O)[C@@H](C)OCOCc1ccccc1. The minimum absolute atomic E-state index is 0.100. The average Bonchev–Trinajstić information content (AvgIpc) is 2.34. The summed E-state index contributed by atoms with van der Waals surface area (Å²) in [5, 5.41) is 0. The molecular weight excluding hydrogens is 204 g/mol. The van der Waals surface area contributed by atoms with Gasteiger partial charge < -0.3 is 9.47 Å². The van der Waals surface area contributed by atoms with Crippen molar-refractivity contribution >= 4 is 5.78 Å². The van der Waals surface area contributed by atoms with Crippen LogP contribution in [0.3, 0.4) is 0 Å². The fraction of sp³-hybridized carbons (Fsp3) is 0.462. The molecule has 16 heavy (non-hydrogen) atoms. The van der Waals surface area contributed by atoms with Gasteiger partial charge in [-0.05, 0) is 12.5 Å². The topological polar surface area (TPSA) is 35.5 Å². The standard InChI is InChI=1S/C13H18O3/c1-3-13(14)11(2)16-10-15-9-12-7-5-4-6-8-12/h4-8,11H,3,9-10H2,1-2H3/t11-/m1/s1. The fourth-order valence-electron chi connectivity index (χ4n) is 1.26. The summed E-state index contributed by atoms with van der Waals surface area (Å²) >= 11 is 0. The molecule has 0 N–H and O–H groups in total. The van der Waals surface area contributed by atoms with Crippen LogP contribution in [0.5, 0.6) is 0 Å². The third-order valence-corrected chi connectivity index (χ3v) is 2.31. The molecule has 1 atom stereocenters. The number of carbonyl (C=O) groups excluding carboxylic acids is 1. The van der Waals surface area contributed by atoms with Crippen LogP contribution in [0.15, 0.2) is 30.3 Å². The van der Waals surface area contributed by atoms with Gasteiger partial charge in [-0.25, -0.2) is 0 Å². The Morgan fingerprint density at radius 2 is 2.00 bits per heavy atom. The second kappa shape index (κ2) is 7.14. The number of carbonyl (C=O) groups is 1. The van der Waals surface area contributed by atoms with Gasteiger partial charge in [0, 0.05) is 6.42 Å². The quantitative estimate of drug-likeness (QED) is 0.525. The van der Waals surface area contributed by atoms with Crippen LogP contribution in [0.2, 0.25) is 0 Å². The Morgan fingerprint density at radius 1 is 1.31 bits per heavy atom. The Kier molecular flexibility index (Phi) is 5.75. The largest absolute Gasteiger partial charge is 0.351 e. The molecule has 0 unspecified atom stereocenters. The van der Waals surface area contributed by atoms with Crippen LogP contribution in [-0.4, -0.2) is 18.7 Å². The highest BCUT2D eigenvalue weighted by Gasteiger charge is 2.10. The maximum Gasteiger partial charge on any atom is 0.161 e. The zero-order valence-corrected chi connectivity index (χ0v) is 9.81. The van der Waals surface area contributed by atoms with E-state index in [-0.39, 0.29) is 18.7 Å². The van der Waals surface area contributed by atoms with Crippen LogP contribution < -0.4 is 0 Å². The molecule has 0 bridgehead atoms. The second-order valence-electron chi connectivity index (χ2n) is 3.58. The smallest absolute Gasteiger partial charge is 0.161 e. The molecule has 1 aromatic carbocycles. The van der Waals surface area contributed by atoms with Crippen LogP contribution in [0.25, 0.3) is 0 Å². The molecule has 0 amide bonds. The first kappa shape index (κ1) is 12.9. The van der Waals surface area contributed by atoms with Crippen molar-refractivity contribution < 1.29 is 14.3 Å². The number of hydrogen-bond acceptors (Lipinski definition) is 3. The molecule has 88 valence electrons. The molecule has 0 saturated heterocycles. The molecule has 0 aliphatic heterocycles. The van der Waals surface area contributed by atoms with E-state index in [0.717, 1.165) is 5.56 Å². The molecule has 0 fully saturated rings. The Bertz CT molecular complexity index is 308. The zero-order chi connectivity index (χ0) is 11.8. The molecule has 0 aliphatic rings. The van der Waals surface area contributed by atoms with E-state index in [4.69, 9.17) is 9.47 Å². The van der Waals surface area contributed by atoms with Crippen molar-refractivity contribution in [1.82, 2.24) is 0 Å². The van der Waals surface area contributed by atoms with Gasteiger partial charge in [-0.1, -0.05) is 37.3 Å². The number of Topliss-reactive ketones (excluding diaryl/α,β-unsaturated/α-hetero) is 1. The van der Waals surface area contributed by atoms with Crippen LogP contribution >= 0.6 is 0 Å². The van der Waals surface area contributed by atoms with Crippen LogP contribution in [-0.2, 0) is 20.9 Å². The number of benzene rings is 1. The highest BCUT2D eigenvalue weighted by molar-refractivity contribution is 5.82. The Labute approximate surface area is 96.4 Å². The summed E-state index contributed by atoms with van der Waals surface area (Å²) in [4.78, 5) is 11.2. The summed E-state index contributed by atoms with van der Waals surface area (Å²) in [6.07, 6.45) is 0.126. The van der Waals surface area contributed by atoms with Gasteiger partial charge in [0.25, 0.3) is 0 Å². The average molecular weight is 222 g/mol. The van der Waals surface area contributed by atoms with Crippen molar-refractivity contribution in [3.8, 4) is 0 Å². The molecule has 0 aliphatic carbocycles. The molecule has 3 heteroatoms. The lowest BCUT2D eigenvalue weighted by Crippen LogP contribution is -2.21. The van der Waals surface area contributed by atoms with Gasteiger partial charge in [-0.3, -0.25) is 4.79 Å². The van der Waals surface area contributed by atoms with Crippen LogP contribution in [0.4, 0.5) is 0 Å². The van der Waals surface area contributed by atoms with E-state index in [2.05, 4.69) is 0 Å². The number of ether oxygens (including phenoxy) is 2. The highest BCUT2D eigenvalue weighted by atomic mass is 16.7. The third-order valence-electron chi connectivity index (χ3n) is 2.31. The van der Waals surface area contributed by atoms with E-state index in [0.29, 0.717) is 13.0 Å². The normalized spacial score (nSPS) is 12.4. The van der Waals surface area contributed by atoms with E-state index < -0.39 is 0 Å². The molecule has 0 spiro atoms. The molecular formula is C13H18O3. The van der Waals surface area contributed by atoms with Crippen molar-refractivity contribution in [2.24, 2.45) is 0 Å². The first-order chi connectivity index (χ1) is 7.74. The van der Waals surface area contributed by atoms with Gasteiger partial charge in [0.05, 0.1) is 6.61 Å². The van der Waals surface area contributed by atoms with E-state index in [9.17, 15) is 4.79 Å². The van der Waals surface area contributed by atoms with Crippen molar-refractivity contribution in [2.45, 2.75) is 33.0 Å². The van der Waals surface area contributed by atoms with E-state index in [1.165, 1.54) is 0 Å². The van der Waals surface area contributed by atoms with Crippen LogP contribution in [0, 0.1) is 0 Å². The molecule has 3 nitrogen and oxygen atoms in total. The lowest BCUT2D eigenvalue weighted by atomic mass is 10.2. The highest BCUT2D eigenvalue weighted by Crippen LogP contribution is 2.02. The summed E-state index contributed by atoms with van der Waals surface area (Å²) in [7, 11) is 0. The Morgan fingerprint density at radius 3 is 2.62 bits per heavy atom. The van der Waals surface area contributed by atoms with Gasteiger partial charge in [0.2, 0.25) is 0 Å². The lowest BCUT2D eigenvalue weighted by Gasteiger charge is -2.11. The maximum atomic E-state index is 11.2. The summed E-state index contributed by atoms with van der Waals surface area (Å²) in [6, 6.07) is 9.86. The summed E-state index contributed by atoms with van der Waals surface area (Å²) in [5.41, 5.74) is 1.10. The Balaban J connectivity index is 2.15. The minimum atomic E-state index is -0.374. The van der Waals surface area contributed by atoms with Gasteiger partial charge in [0.15, 0.2) is 5.78 Å². The van der Waals surface area contributed by atoms with E-state index >= 15 is 0 Å². The van der Waals surface area contributed by atoms with E-state index in [1.54, 1.807) is 6.92 Å². The van der Waals surface area contributed by atoms with Crippen molar-refractivity contribution in [3.63, 3.8) is 0 Å². The monoisotopic (exact) mass is 222 g/mol. The molecule has 1 rings (SSSR count). The molecule has 0 aromatic heterocycles. The van der Waals surface area contributed by atoms with Crippen molar-refractivity contribution in [3.05, 3.63) is 35.9 Å². The maximum absolute atomic E-state index is 11.2.